The second-order valence-corrected chi connectivity index (χ2v) is 4.72. The lowest BCUT2D eigenvalue weighted by molar-refractivity contribution is 0.0690. The van der Waals surface area contributed by atoms with Crippen molar-refractivity contribution >= 4 is 11.9 Å². The molecule has 0 radical (unpaired) electrons. The number of carbonyl (C=O) groups is 2. The zero-order chi connectivity index (χ0) is 15.4. The van der Waals surface area contributed by atoms with Crippen molar-refractivity contribution in [1.29, 1.82) is 0 Å². The van der Waals surface area contributed by atoms with Crippen molar-refractivity contribution in [1.82, 2.24) is 15.1 Å². The SMILES string of the molecule is CC[C@@H](NC(=O)c1nn(C)cc1C(=O)O)c1ccccc1. The third-order valence-corrected chi connectivity index (χ3v) is 3.19. The van der Waals surface area contributed by atoms with Crippen molar-refractivity contribution in [3.05, 3.63) is 53.3 Å². The molecular formula is C15H17N3O3. The molecule has 1 heterocycles. The van der Waals surface area contributed by atoms with Gasteiger partial charge in [0.05, 0.1) is 6.04 Å². The fourth-order valence-electron chi connectivity index (χ4n) is 2.15. The number of nitrogens with zero attached hydrogens (tertiary/aromatic N) is 2. The Hall–Kier alpha value is -2.63. The number of benzene rings is 1. The summed E-state index contributed by atoms with van der Waals surface area (Å²) in [6.07, 6.45) is 2.02. The Kier molecular flexibility index (Phi) is 4.37. The lowest BCUT2D eigenvalue weighted by Crippen LogP contribution is -2.29. The van der Waals surface area contributed by atoms with Crippen LogP contribution in [0.25, 0.3) is 0 Å². The van der Waals surface area contributed by atoms with Gasteiger partial charge in [0.25, 0.3) is 5.91 Å². The number of aryl methyl sites for hydroxylation is 1. The van der Waals surface area contributed by atoms with E-state index in [4.69, 9.17) is 5.11 Å². The summed E-state index contributed by atoms with van der Waals surface area (Å²) < 4.78 is 1.32. The Balaban J connectivity index is 2.23. The van der Waals surface area contributed by atoms with Crippen LogP contribution in [0.15, 0.2) is 36.5 Å². The summed E-state index contributed by atoms with van der Waals surface area (Å²) in [6, 6.07) is 9.36. The highest BCUT2D eigenvalue weighted by Gasteiger charge is 2.23. The van der Waals surface area contributed by atoms with Gasteiger partial charge in [-0.05, 0) is 12.0 Å². The number of hydrogen-bond donors (Lipinski definition) is 2. The second-order valence-electron chi connectivity index (χ2n) is 4.72. The molecule has 0 bridgehead atoms. The van der Waals surface area contributed by atoms with Crippen molar-refractivity contribution in [3.8, 4) is 0 Å². The first kappa shape index (κ1) is 14.8. The molecule has 1 aromatic carbocycles. The highest BCUT2D eigenvalue weighted by Crippen LogP contribution is 2.17. The van der Waals surface area contributed by atoms with Crippen molar-refractivity contribution < 1.29 is 14.7 Å². The molecular weight excluding hydrogens is 270 g/mol. The van der Waals surface area contributed by atoms with Crippen molar-refractivity contribution in [2.75, 3.05) is 0 Å². The number of aromatic nitrogens is 2. The first-order valence-corrected chi connectivity index (χ1v) is 6.65. The van der Waals surface area contributed by atoms with Crippen LogP contribution >= 0.6 is 0 Å². The number of aromatic carboxylic acids is 1. The van der Waals surface area contributed by atoms with E-state index in [1.54, 1.807) is 7.05 Å². The predicted molar refractivity (Wildman–Crippen MR) is 77.1 cm³/mol. The molecule has 110 valence electrons. The molecule has 6 nitrogen and oxygen atoms in total. The van der Waals surface area contributed by atoms with E-state index < -0.39 is 11.9 Å². The van der Waals surface area contributed by atoms with Crippen molar-refractivity contribution in [3.63, 3.8) is 0 Å². The number of rotatable bonds is 5. The van der Waals surface area contributed by atoms with Gasteiger partial charge < -0.3 is 10.4 Å². The normalized spacial score (nSPS) is 11.9. The van der Waals surface area contributed by atoms with Crippen LogP contribution in [0, 0.1) is 0 Å². The Labute approximate surface area is 122 Å². The molecule has 0 fully saturated rings. The van der Waals surface area contributed by atoms with E-state index in [0.29, 0.717) is 6.42 Å². The first-order valence-electron chi connectivity index (χ1n) is 6.65. The topological polar surface area (TPSA) is 84.2 Å². The third kappa shape index (κ3) is 3.28. The molecule has 0 aliphatic rings. The van der Waals surface area contributed by atoms with Gasteiger partial charge >= 0.3 is 5.97 Å². The summed E-state index contributed by atoms with van der Waals surface area (Å²) in [6.45, 7) is 1.95. The molecule has 2 rings (SSSR count). The van der Waals surface area contributed by atoms with Crippen LogP contribution < -0.4 is 5.32 Å². The minimum absolute atomic E-state index is 0.0700. The summed E-state index contributed by atoms with van der Waals surface area (Å²) in [4.78, 5) is 23.4. The molecule has 6 heteroatoms. The van der Waals surface area contributed by atoms with Crippen LogP contribution in [0.5, 0.6) is 0 Å². The number of hydrogen-bond acceptors (Lipinski definition) is 3. The number of nitrogens with one attached hydrogen (secondary N) is 1. The Morgan fingerprint density at radius 2 is 2.00 bits per heavy atom. The molecule has 2 N–H and O–H groups in total. The Morgan fingerprint density at radius 3 is 2.57 bits per heavy atom. The van der Waals surface area contributed by atoms with Gasteiger partial charge in [0, 0.05) is 13.2 Å². The lowest BCUT2D eigenvalue weighted by Gasteiger charge is -2.16. The molecule has 0 saturated carbocycles. The second kappa shape index (κ2) is 6.21. The maximum atomic E-state index is 12.3. The summed E-state index contributed by atoms with van der Waals surface area (Å²) in [5.41, 5.74) is 0.804. The minimum Gasteiger partial charge on any atom is -0.478 e. The zero-order valence-electron chi connectivity index (χ0n) is 11.9. The quantitative estimate of drug-likeness (QED) is 0.881. The van der Waals surface area contributed by atoms with E-state index >= 15 is 0 Å². The molecule has 0 aliphatic carbocycles. The van der Waals surface area contributed by atoms with Gasteiger partial charge in [-0.25, -0.2) is 4.79 Å². The largest absolute Gasteiger partial charge is 0.478 e. The van der Waals surface area contributed by atoms with Crippen LogP contribution in [0.3, 0.4) is 0 Å². The van der Waals surface area contributed by atoms with Gasteiger partial charge in [0.2, 0.25) is 0 Å². The molecule has 21 heavy (non-hydrogen) atoms. The molecule has 0 spiro atoms. The monoisotopic (exact) mass is 287 g/mol. The van der Waals surface area contributed by atoms with Crippen LogP contribution in [-0.2, 0) is 7.05 Å². The maximum Gasteiger partial charge on any atom is 0.339 e. The van der Waals surface area contributed by atoms with Crippen molar-refractivity contribution in [2.24, 2.45) is 7.05 Å². The van der Waals surface area contributed by atoms with Crippen LogP contribution in [0.2, 0.25) is 0 Å². The smallest absolute Gasteiger partial charge is 0.339 e. The van der Waals surface area contributed by atoms with Crippen LogP contribution in [-0.4, -0.2) is 26.8 Å². The number of carboxylic acids is 1. The van der Waals surface area contributed by atoms with Crippen molar-refractivity contribution in [2.45, 2.75) is 19.4 Å². The molecule has 0 unspecified atom stereocenters. The molecule has 1 amide bonds. The van der Waals surface area contributed by atoms with Crippen LogP contribution in [0.1, 0.15) is 45.8 Å². The standard InChI is InChI=1S/C15H17N3O3/c1-3-12(10-7-5-4-6-8-10)16-14(19)13-11(15(20)21)9-18(2)17-13/h4-9,12H,3H2,1-2H3,(H,16,19)(H,20,21)/t12-/m1/s1. The average Bonchev–Trinajstić information content (AvgIpc) is 2.88. The van der Waals surface area contributed by atoms with E-state index in [0.717, 1.165) is 5.56 Å². The highest BCUT2D eigenvalue weighted by atomic mass is 16.4. The average molecular weight is 287 g/mol. The number of carboxylic acid groups (broad SMARTS) is 1. The Bertz CT molecular complexity index is 649. The van der Waals surface area contributed by atoms with E-state index in [1.807, 2.05) is 37.3 Å². The first-order chi connectivity index (χ1) is 10.0. The van der Waals surface area contributed by atoms with Gasteiger partial charge in [-0.15, -0.1) is 0 Å². The lowest BCUT2D eigenvalue weighted by atomic mass is 10.0. The molecule has 0 aliphatic heterocycles. The highest BCUT2D eigenvalue weighted by molar-refractivity contribution is 6.03. The van der Waals surface area contributed by atoms with Gasteiger partial charge in [0.1, 0.15) is 5.56 Å². The predicted octanol–water partition coefficient (Wildman–Crippen LogP) is 2.00. The van der Waals surface area contributed by atoms with Crippen LogP contribution in [0.4, 0.5) is 0 Å². The fraction of sp³-hybridized carbons (Fsp3) is 0.267. The fourth-order valence-corrected chi connectivity index (χ4v) is 2.15. The summed E-state index contributed by atoms with van der Waals surface area (Å²) >= 11 is 0. The zero-order valence-corrected chi connectivity index (χ0v) is 11.9. The van der Waals surface area contributed by atoms with Gasteiger partial charge in [0.15, 0.2) is 5.69 Å². The number of amides is 1. The molecule has 1 aromatic heterocycles. The van der Waals surface area contributed by atoms with Gasteiger partial charge in [-0.2, -0.15) is 5.10 Å². The minimum atomic E-state index is -1.17. The third-order valence-electron chi connectivity index (χ3n) is 3.19. The van der Waals surface area contributed by atoms with E-state index in [9.17, 15) is 9.59 Å². The van der Waals surface area contributed by atoms with E-state index in [-0.39, 0.29) is 17.3 Å². The summed E-state index contributed by atoms with van der Waals surface area (Å²) in [5, 5.41) is 15.9. The van der Waals surface area contributed by atoms with Gasteiger partial charge in [-0.3, -0.25) is 9.48 Å². The van der Waals surface area contributed by atoms with E-state index in [2.05, 4.69) is 10.4 Å². The van der Waals surface area contributed by atoms with Gasteiger partial charge in [-0.1, -0.05) is 37.3 Å². The molecule has 1 atom stereocenters. The Morgan fingerprint density at radius 1 is 1.33 bits per heavy atom. The molecule has 0 saturated heterocycles. The van der Waals surface area contributed by atoms with E-state index in [1.165, 1.54) is 10.9 Å². The maximum absolute atomic E-state index is 12.3. The molecule has 2 aromatic rings. The number of carbonyl (C=O) groups excluding carboxylic acids is 1. The summed E-state index contributed by atoms with van der Waals surface area (Å²) in [7, 11) is 1.58. The summed E-state index contributed by atoms with van der Waals surface area (Å²) in [5.74, 6) is -1.65.